The molecule has 0 saturated heterocycles. The monoisotopic (exact) mass is 246 g/mol. The Morgan fingerprint density at radius 1 is 1.28 bits per heavy atom. The molecular weight excluding hydrogens is 231 g/mol. The Hall–Kier alpha value is -1.94. The Morgan fingerprint density at radius 3 is 2.83 bits per heavy atom. The van der Waals surface area contributed by atoms with Crippen LogP contribution in [-0.2, 0) is 6.42 Å². The molecule has 1 aromatic carbocycles. The minimum atomic E-state index is -0.327. The summed E-state index contributed by atoms with van der Waals surface area (Å²) in [7, 11) is 0. The molecule has 3 nitrogen and oxygen atoms in total. The molecular formula is C14H15FN2O. The molecule has 0 saturated carbocycles. The molecule has 2 aromatic rings. The van der Waals surface area contributed by atoms with Gasteiger partial charge in [0.05, 0.1) is 6.20 Å². The number of rotatable bonds is 4. The maximum Gasteiger partial charge on any atom is 0.145 e. The van der Waals surface area contributed by atoms with Crippen molar-refractivity contribution >= 4 is 0 Å². The van der Waals surface area contributed by atoms with Gasteiger partial charge in [0.15, 0.2) is 0 Å². The second-order valence-electron chi connectivity index (χ2n) is 4.27. The number of benzene rings is 1. The molecule has 0 bridgehead atoms. The first-order valence-corrected chi connectivity index (χ1v) is 5.76. The van der Waals surface area contributed by atoms with E-state index in [4.69, 9.17) is 10.5 Å². The zero-order valence-electron chi connectivity index (χ0n) is 10.1. The minimum absolute atomic E-state index is 0.0659. The van der Waals surface area contributed by atoms with E-state index in [2.05, 4.69) is 4.98 Å². The van der Waals surface area contributed by atoms with E-state index < -0.39 is 0 Å². The first-order valence-electron chi connectivity index (χ1n) is 5.76. The van der Waals surface area contributed by atoms with Crippen molar-refractivity contribution in [1.82, 2.24) is 4.98 Å². The molecule has 0 aliphatic carbocycles. The highest BCUT2D eigenvalue weighted by Gasteiger charge is 2.03. The summed E-state index contributed by atoms with van der Waals surface area (Å²) in [5.74, 6) is 0.709. The fraction of sp³-hybridized carbons (Fsp3) is 0.214. The van der Waals surface area contributed by atoms with Gasteiger partial charge in [-0.15, -0.1) is 0 Å². The summed E-state index contributed by atoms with van der Waals surface area (Å²) < 4.78 is 18.5. The van der Waals surface area contributed by atoms with E-state index in [1.807, 2.05) is 13.0 Å². The number of hydrogen-bond donors (Lipinski definition) is 1. The number of halogens is 1. The predicted molar refractivity (Wildman–Crippen MR) is 68.1 cm³/mol. The van der Waals surface area contributed by atoms with Crippen molar-refractivity contribution in [2.75, 3.05) is 0 Å². The molecule has 0 spiro atoms. The summed E-state index contributed by atoms with van der Waals surface area (Å²) in [4.78, 5) is 4.08. The van der Waals surface area contributed by atoms with E-state index in [9.17, 15) is 4.39 Å². The lowest BCUT2D eigenvalue weighted by Gasteiger charge is -2.08. The standard InChI is InChI=1S/C14H15FN2O/c1-10(16)5-11-6-14(9-17-8-11)18-13-4-2-3-12(15)7-13/h2-4,6-10H,5,16H2,1H3. The van der Waals surface area contributed by atoms with E-state index >= 15 is 0 Å². The van der Waals surface area contributed by atoms with Crippen LogP contribution in [0.15, 0.2) is 42.7 Å². The highest BCUT2D eigenvalue weighted by atomic mass is 19.1. The lowest BCUT2D eigenvalue weighted by molar-refractivity contribution is 0.473. The van der Waals surface area contributed by atoms with Crippen molar-refractivity contribution in [3.05, 3.63) is 54.1 Å². The molecule has 94 valence electrons. The fourth-order valence-electron chi connectivity index (χ4n) is 1.67. The Kier molecular flexibility index (Phi) is 3.89. The summed E-state index contributed by atoms with van der Waals surface area (Å²) in [5.41, 5.74) is 6.73. The van der Waals surface area contributed by atoms with Gasteiger partial charge in [0, 0.05) is 18.3 Å². The van der Waals surface area contributed by atoms with Gasteiger partial charge in [0.25, 0.3) is 0 Å². The van der Waals surface area contributed by atoms with Crippen LogP contribution in [0.3, 0.4) is 0 Å². The fourth-order valence-corrected chi connectivity index (χ4v) is 1.67. The number of aromatic nitrogens is 1. The van der Waals surface area contributed by atoms with E-state index in [0.29, 0.717) is 11.5 Å². The molecule has 1 heterocycles. The SMILES string of the molecule is CC(N)Cc1cncc(Oc2cccc(F)c2)c1. The second-order valence-corrected chi connectivity index (χ2v) is 4.27. The first kappa shape index (κ1) is 12.5. The van der Waals surface area contributed by atoms with Gasteiger partial charge < -0.3 is 10.5 Å². The average Bonchev–Trinajstić information content (AvgIpc) is 2.28. The lowest BCUT2D eigenvalue weighted by Crippen LogP contribution is -2.17. The molecule has 0 aliphatic rings. The van der Waals surface area contributed by atoms with Gasteiger partial charge in [-0.1, -0.05) is 6.07 Å². The van der Waals surface area contributed by atoms with Gasteiger partial charge in [-0.3, -0.25) is 4.98 Å². The zero-order chi connectivity index (χ0) is 13.0. The summed E-state index contributed by atoms with van der Waals surface area (Å²) in [6.07, 6.45) is 4.07. The topological polar surface area (TPSA) is 48.1 Å². The largest absolute Gasteiger partial charge is 0.456 e. The Morgan fingerprint density at radius 2 is 2.11 bits per heavy atom. The predicted octanol–water partition coefficient (Wildman–Crippen LogP) is 2.90. The molecule has 0 fully saturated rings. The maximum absolute atomic E-state index is 13.0. The molecule has 1 unspecified atom stereocenters. The van der Waals surface area contributed by atoms with Crippen molar-refractivity contribution in [3.8, 4) is 11.5 Å². The van der Waals surface area contributed by atoms with Crippen LogP contribution < -0.4 is 10.5 Å². The molecule has 18 heavy (non-hydrogen) atoms. The third-order valence-corrected chi connectivity index (χ3v) is 2.36. The summed E-state index contributed by atoms with van der Waals surface area (Å²) >= 11 is 0. The van der Waals surface area contributed by atoms with Crippen molar-refractivity contribution in [2.24, 2.45) is 5.73 Å². The highest BCUT2D eigenvalue weighted by Crippen LogP contribution is 2.22. The molecule has 1 aromatic heterocycles. The lowest BCUT2D eigenvalue weighted by atomic mass is 10.1. The van der Waals surface area contributed by atoms with Gasteiger partial charge in [-0.25, -0.2) is 4.39 Å². The van der Waals surface area contributed by atoms with Crippen LogP contribution in [0.25, 0.3) is 0 Å². The minimum Gasteiger partial charge on any atom is -0.456 e. The molecule has 0 amide bonds. The Balaban J connectivity index is 2.14. The van der Waals surface area contributed by atoms with Crippen molar-refractivity contribution in [2.45, 2.75) is 19.4 Å². The molecule has 2 N–H and O–H groups in total. The van der Waals surface area contributed by atoms with Crippen molar-refractivity contribution in [3.63, 3.8) is 0 Å². The molecule has 2 rings (SSSR count). The van der Waals surface area contributed by atoms with Gasteiger partial charge >= 0.3 is 0 Å². The summed E-state index contributed by atoms with van der Waals surface area (Å²) in [6, 6.07) is 7.93. The number of nitrogens with zero attached hydrogens (tertiary/aromatic N) is 1. The quantitative estimate of drug-likeness (QED) is 0.902. The third-order valence-electron chi connectivity index (χ3n) is 2.36. The number of hydrogen-bond acceptors (Lipinski definition) is 3. The maximum atomic E-state index is 13.0. The normalized spacial score (nSPS) is 12.2. The molecule has 1 atom stereocenters. The van der Waals surface area contributed by atoms with E-state index in [0.717, 1.165) is 12.0 Å². The summed E-state index contributed by atoms with van der Waals surface area (Å²) in [5, 5.41) is 0. The van der Waals surface area contributed by atoms with Gasteiger partial charge in [0.1, 0.15) is 17.3 Å². The third kappa shape index (κ3) is 3.53. The Labute approximate surface area is 105 Å². The van der Waals surface area contributed by atoms with Crippen molar-refractivity contribution < 1.29 is 9.13 Å². The number of ether oxygens (including phenoxy) is 1. The smallest absolute Gasteiger partial charge is 0.145 e. The van der Waals surface area contributed by atoms with Crippen LogP contribution >= 0.6 is 0 Å². The van der Waals surface area contributed by atoms with Crippen LogP contribution in [0, 0.1) is 5.82 Å². The first-order chi connectivity index (χ1) is 8.63. The van der Waals surface area contributed by atoms with E-state index in [1.165, 1.54) is 12.1 Å². The van der Waals surface area contributed by atoms with Crippen LogP contribution in [0.4, 0.5) is 4.39 Å². The highest BCUT2D eigenvalue weighted by molar-refractivity contribution is 5.31. The molecule has 0 radical (unpaired) electrons. The molecule has 4 heteroatoms. The zero-order valence-corrected chi connectivity index (χ0v) is 10.1. The molecule has 0 aliphatic heterocycles. The van der Waals surface area contributed by atoms with Crippen LogP contribution in [0.1, 0.15) is 12.5 Å². The number of pyridine rings is 1. The average molecular weight is 246 g/mol. The Bertz CT molecular complexity index is 529. The van der Waals surface area contributed by atoms with Crippen LogP contribution in [0.2, 0.25) is 0 Å². The second kappa shape index (κ2) is 5.60. The van der Waals surface area contributed by atoms with E-state index in [-0.39, 0.29) is 11.9 Å². The van der Waals surface area contributed by atoms with Gasteiger partial charge in [0.2, 0.25) is 0 Å². The van der Waals surface area contributed by atoms with Crippen LogP contribution in [-0.4, -0.2) is 11.0 Å². The van der Waals surface area contributed by atoms with E-state index in [1.54, 1.807) is 24.5 Å². The van der Waals surface area contributed by atoms with Crippen LogP contribution in [0.5, 0.6) is 11.5 Å². The summed E-state index contributed by atoms with van der Waals surface area (Å²) in [6.45, 7) is 1.93. The number of nitrogens with two attached hydrogens (primary N) is 1. The van der Waals surface area contributed by atoms with Gasteiger partial charge in [-0.05, 0) is 37.1 Å². The van der Waals surface area contributed by atoms with Crippen molar-refractivity contribution in [1.29, 1.82) is 0 Å². The van der Waals surface area contributed by atoms with Gasteiger partial charge in [-0.2, -0.15) is 0 Å².